The Kier molecular flexibility index (Phi) is 6.37. The highest BCUT2D eigenvalue weighted by molar-refractivity contribution is 5.93. The zero-order valence-electron chi connectivity index (χ0n) is 13.3. The fourth-order valence-corrected chi connectivity index (χ4v) is 2.16. The summed E-state index contributed by atoms with van der Waals surface area (Å²) in [6.45, 7) is 7.48. The topological polar surface area (TPSA) is 55.8 Å². The van der Waals surface area contributed by atoms with Crippen LogP contribution in [0.2, 0.25) is 0 Å². The molecule has 0 heterocycles. The number of methoxy groups -OCH3 is 1. The first-order valence-electron chi connectivity index (χ1n) is 6.93. The average molecular weight is 293 g/mol. The van der Waals surface area contributed by atoms with Gasteiger partial charge in [0.2, 0.25) is 0 Å². The van der Waals surface area contributed by atoms with E-state index in [0.29, 0.717) is 12.3 Å². The first kappa shape index (κ1) is 17.2. The quantitative estimate of drug-likeness (QED) is 0.783. The highest BCUT2D eigenvalue weighted by atomic mass is 16.7. The number of amides is 1. The van der Waals surface area contributed by atoms with E-state index >= 15 is 0 Å². The lowest BCUT2D eigenvalue weighted by Gasteiger charge is -2.23. The average Bonchev–Trinajstić information content (AvgIpc) is 2.37. The van der Waals surface area contributed by atoms with E-state index in [-0.39, 0.29) is 18.2 Å². The number of para-hydroxylation sites is 1. The third-order valence-electron chi connectivity index (χ3n) is 3.09. The van der Waals surface area contributed by atoms with Gasteiger partial charge in [-0.2, -0.15) is 0 Å². The van der Waals surface area contributed by atoms with Gasteiger partial charge in [-0.3, -0.25) is 4.79 Å². The number of hydrogen-bond acceptors (Lipinski definition) is 4. The maximum absolute atomic E-state index is 12.0. The summed E-state index contributed by atoms with van der Waals surface area (Å²) >= 11 is 0. The van der Waals surface area contributed by atoms with Crippen LogP contribution in [0.3, 0.4) is 0 Å². The number of aryl methyl sites for hydroxylation is 2. The third kappa shape index (κ3) is 4.86. The van der Waals surface area contributed by atoms with Crippen LogP contribution in [0, 0.1) is 19.8 Å². The predicted octanol–water partition coefficient (Wildman–Crippen LogP) is 2.79. The molecule has 1 aromatic carbocycles. The molecule has 0 bridgehead atoms. The fraction of sp³-hybridized carbons (Fsp3) is 0.500. The van der Waals surface area contributed by atoms with E-state index in [9.17, 15) is 9.59 Å². The summed E-state index contributed by atoms with van der Waals surface area (Å²) in [6, 6.07) is 5.65. The second kappa shape index (κ2) is 7.78. The Labute approximate surface area is 125 Å². The van der Waals surface area contributed by atoms with E-state index in [1.807, 2.05) is 39.0 Å². The molecule has 5 heteroatoms. The van der Waals surface area contributed by atoms with Crippen LogP contribution in [0.1, 0.15) is 31.4 Å². The van der Waals surface area contributed by atoms with E-state index in [1.54, 1.807) is 7.11 Å². The van der Waals surface area contributed by atoms with Crippen molar-refractivity contribution >= 4 is 17.6 Å². The maximum Gasteiger partial charge on any atom is 0.333 e. The van der Waals surface area contributed by atoms with Gasteiger partial charge in [0.1, 0.15) is 0 Å². The molecule has 0 saturated heterocycles. The van der Waals surface area contributed by atoms with E-state index in [2.05, 4.69) is 0 Å². The van der Waals surface area contributed by atoms with Gasteiger partial charge in [-0.15, -0.1) is 5.06 Å². The standard InChI is InChI=1S/C16H23NO4/c1-11(10-20-5)9-15(19)21-17(14(4)18)16-12(2)7-6-8-13(16)3/h6-8,11H,9-10H2,1-5H3. The van der Waals surface area contributed by atoms with Crippen LogP contribution in [-0.2, 0) is 19.2 Å². The molecule has 0 aliphatic heterocycles. The third-order valence-corrected chi connectivity index (χ3v) is 3.09. The van der Waals surface area contributed by atoms with Crippen molar-refractivity contribution in [1.82, 2.24) is 0 Å². The number of hydroxylamine groups is 1. The number of nitrogens with zero attached hydrogens (tertiary/aromatic N) is 1. The summed E-state index contributed by atoms with van der Waals surface area (Å²) in [6.07, 6.45) is 0.197. The van der Waals surface area contributed by atoms with Crippen molar-refractivity contribution in [3.8, 4) is 0 Å². The van der Waals surface area contributed by atoms with Gasteiger partial charge in [-0.1, -0.05) is 25.1 Å². The molecule has 0 saturated carbocycles. The number of rotatable bonds is 5. The molecule has 1 unspecified atom stereocenters. The summed E-state index contributed by atoms with van der Waals surface area (Å²) in [7, 11) is 1.58. The van der Waals surface area contributed by atoms with Gasteiger partial charge in [-0.25, -0.2) is 4.79 Å². The monoisotopic (exact) mass is 293 g/mol. The predicted molar refractivity (Wildman–Crippen MR) is 80.8 cm³/mol. The second-order valence-corrected chi connectivity index (χ2v) is 5.28. The summed E-state index contributed by atoms with van der Waals surface area (Å²) in [5.41, 5.74) is 2.38. The summed E-state index contributed by atoms with van der Waals surface area (Å²) in [5, 5.41) is 1.08. The summed E-state index contributed by atoms with van der Waals surface area (Å²) < 4.78 is 4.99. The largest absolute Gasteiger partial charge is 0.384 e. The second-order valence-electron chi connectivity index (χ2n) is 5.28. The van der Waals surface area contributed by atoms with Crippen molar-refractivity contribution in [3.05, 3.63) is 29.3 Å². The first-order chi connectivity index (χ1) is 9.86. The highest BCUT2D eigenvalue weighted by Gasteiger charge is 2.22. The zero-order valence-corrected chi connectivity index (χ0v) is 13.3. The number of carbonyl (C=O) groups excluding carboxylic acids is 2. The summed E-state index contributed by atoms with van der Waals surface area (Å²) in [4.78, 5) is 29.1. The van der Waals surface area contributed by atoms with Crippen molar-refractivity contribution in [1.29, 1.82) is 0 Å². The van der Waals surface area contributed by atoms with Crippen molar-refractivity contribution in [3.63, 3.8) is 0 Å². The lowest BCUT2D eigenvalue weighted by molar-refractivity contribution is -0.151. The van der Waals surface area contributed by atoms with Crippen LogP contribution >= 0.6 is 0 Å². The van der Waals surface area contributed by atoms with E-state index < -0.39 is 5.97 Å². The summed E-state index contributed by atoms with van der Waals surface area (Å²) in [5.74, 6) is -0.744. The Hall–Kier alpha value is -1.88. The molecule has 1 rings (SSSR count). The molecule has 0 fully saturated rings. The van der Waals surface area contributed by atoms with Crippen molar-refractivity contribution in [2.45, 2.75) is 34.1 Å². The van der Waals surface area contributed by atoms with Gasteiger partial charge < -0.3 is 9.57 Å². The molecule has 0 aromatic heterocycles. The Balaban J connectivity index is 2.89. The first-order valence-corrected chi connectivity index (χ1v) is 6.93. The van der Waals surface area contributed by atoms with E-state index in [0.717, 1.165) is 16.2 Å². The van der Waals surface area contributed by atoms with Crippen LogP contribution in [0.15, 0.2) is 18.2 Å². The van der Waals surface area contributed by atoms with Crippen LogP contribution < -0.4 is 5.06 Å². The Bertz CT molecular complexity index is 493. The number of anilines is 1. The van der Waals surface area contributed by atoms with Crippen molar-refractivity contribution in [2.24, 2.45) is 5.92 Å². The van der Waals surface area contributed by atoms with Crippen LogP contribution in [-0.4, -0.2) is 25.6 Å². The molecule has 0 radical (unpaired) electrons. The lowest BCUT2D eigenvalue weighted by atomic mass is 10.1. The SMILES string of the molecule is COCC(C)CC(=O)ON(C(C)=O)c1c(C)cccc1C. The van der Waals surface area contributed by atoms with Gasteiger partial charge in [0, 0.05) is 20.6 Å². The number of ether oxygens (including phenoxy) is 1. The molecular weight excluding hydrogens is 270 g/mol. The lowest BCUT2D eigenvalue weighted by Crippen LogP contribution is -2.33. The zero-order chi connectivity index (χ0) is 16.0. The smallest absolute Gasteiger partial charge is 0.333 e. The number of benzene rings is 1. The minimum Gasteiger partial charge on any atom is -0.384 e. The normalized spacial score (nSPS) is 11.9. The minimum atomic E-state index is -0.447. The molecule has 21 heavy (non-hydrogen) atoms. The molecule has 5 nitrogen and oxygen atoms in total. The van der Waals surface area contributed by atoms with Gasteiger partial charge in [0.05, 0.1) is 12.1 Å². The van der Waals surface area contributed by atoms with Gasteiger partial charge in [0.15, 0.2) is 0 Å². The Morgan fingerprint density at radius 3 is 2.29 bits per heavy atom. The van der Waals surface area contributed by atoms with E-state index in [4.69, 9.17) is 9.57 Å². The molecule has 116 valence electrons. The number of hydrogen-bond donors (Lipinski definition) is 0. The molecule has 1 aromatic rings. The Morgan fingerprint density at radius 2 is 1.81 bits per heavy atom. The molecule has 1 atom stereocenters. The molecular formula is C16H23NO4. The van der Waals surface area contributed by atoms with Crippen LogP contribution in [0.5, 0.6) is 0 Å². The minimum absolute atomic E-state index is 0.0364. The molecule has 0 aliphatic rings. The number of carbonyl (C=O) groups is 2. The molecule has 1 amide bonds. The molecule has 0 spiro atoms. The van der Waals surface area contributed by atoms with Crippen LogP contribution in [0.4, 0.5) is 5.69 Å². The maximum atomic E-state index is 12.0. The fourth-order valence-electron chi connectivity index (χ4n) is 2.16. The van der Waals surface area contributed by atoms with Gasteiger partial charge in [0.25, 0.3) is 5.91 Å². The van der Waals surface area contributed by atoms with Crippen molar-refractivity contribution in [2.75, 3.05) is 18.8 Å². The van der Waals surface area contributed by atoms with Gasteiger partial charge in [-0.05, 0) is 30.9 Å². The van der Waals surface area contributed by atoms with Crippen LogP contribution in [0.25, 0.3) is 0 Å². The highest BCUT2D eigenvalue weighted by Crippen LogP contribution is 2.25. The van der Waals surface area contributed by atoms with E-state index in [1.165, 1.54) is 6.92 Å². The molecule has 0 aliphatic carbocycles. The Morgan fingerprint density at radius 1 is 1.24 bits per heavy atom. The molecule has 0 N–H and O–H groups in total. The van der Waals surface area contributed by atoms with Gasteiger partial charge >= 0.3 is 5.97 Å². The van der Waals surface area contributed by atoms with Crippen molar-refractivity contribution < 1.29 is 19.2 Å².